The molecule has 3 heteroatoms. The predicted molar refractivity (Wildman–Crippen MR) is 211 cm³/mol. The third-order valence-electron chi connectivity index (χ3n) is 9.78. The van der Waals surface area contributed by atoms with Crippen LogP contribution < -0.4 is 4.90 Å². The van der Waals surface area contributed by atoms with Crippen molar-refractivity contribution in [2.24, 2.45) is 0 Å². The first-order valence-corrected chi connectivity index (χ1v) is 17.5. The van der Waals surface area contributed by atoms with Crippen molar-refractivity contribution >= 4 is 81.1 Å². The highest BCUT2D eigenvalue weighted by Gasteiger charge is 2.25. The molecule has 230 valence electrons. The molecule has 0 aliphatic heterocycles. The van der Waals surface area contributed by atoms with Crippen LogP contribution in [0.4, 0.5) is 17.1 Å². The summed E-state index contributed by atoms with van der Waals surface area (Å²) in [6.45, 7) is 0. The normalized spacial score (nSPS) is 11.7. The molecule has 8 aromatic carbocycles. The highest BCUT2D eigenvalue weighted by Crippen LogP contribution is 2.50. The minimum Gasteiger partial charge on any atom is -0.309 e. The smallest absolute Gasteiger partial charge is 0.0640 e. The van der Waals surface area contributed by atoms with Crippen LogP contribution in [0.15, 0.2) is 182 Å². The van der Waals surface area contributed by atoms with E-state index in [1.54, 1.807) is 0 Å². The van der Waals surface area contributed by atoms with Crippen LogP contribution in [-0.4, -0.2) is 4.57 Å². The second kappa shape index (κ2) is 11.2. The molecule has 0 bridgehead atoms. The molecule has 49 heavy (non-hydrogen) atoms. The summed E-state index contributed by atoms with van der Waals surface area (Å²) >= 11 is 1.87. The monoisotopic (exact) mass is 642 g/mol. The number of benzene rings is 8. The molecule has 0 saturated heterocycles. The first-order chi connectivity index (χ1) is 24.3. The fourth-order valence-electron chi connectivity index (χ4n) is 7.70. The van der Waals surface area contributed by atoms with Gasteiger partial charge in [0.1, 0.15) is 0 Å². The molecule has 0 fully saturated rings. The number of aromatic nitrogens is 1. The Labute approximate surface area is 288 Å². The number of anilines is 3. The summed E-state index contributed by atoms with van der Waals surface area (Å²) in [6, 6.07) is 66.2. The maximum atomic E-state index is 2.53. The second-order valence-corrected chi connectivity index (χ2v) is 13.5. The van der Waals surface area contributed by atoms with Crippen LogP contribution in [-0.2, 0) is 0 Å². The summed E-state index contributed by atoms with van der Waals surface area (Å²) in [7, 11) is 0. The molecular formula is C46H30N2S. The van der Waals surface area contributed by atoms with Crippen molar-refractivity contribution in [1.82, 2.24) is 4.57 Å². The number of hydrogen-bond acceptors (Lipinski definition) is 2. The van der Waals surface area contributed by atoms with Crippen molar-refractivity contribution in [3.05, 3.63) is 182 Å². The molecule has 0 atom stereocenters. The van der Waals surface area contributed by atoms with Crippen LogP contribution in [0.3, 0.4) is 0 Å². The van der Waals surface area contributed by atoms with E-state index >= 15 is 0 Å². The van der Waals surface area contributed by atoms with Crippen LogP contribution in [0.2, 0.25) is 0 Å². The van der Waals surface area contributed by atoms with Gasteiger partial charge in [0, 0.05) is 37.5 Å². The molecule has 0 saturated carbocycles. The lowest BCUT2D eigenvalue weighted by molar-refractivity contribution is 1.18. The minimum absolute atomic E-state index is 1.15. The van der Waals surface area contributed by atoms with Crippen molar-refractivity contribution < 1.29 is 0 Å². The molecule has 0 amide bonds. The summed E-state index contributed by atoms with van der Waals surface area (Å²) in [5.74, 6) is 0. The van der Waals surface area contributed by atoms with Gasteiger partial charge in [0.2, 0.25) is 0 Å². The SMILES string of the molecule is c1ccc(-n2c3ccccc3c3c(N(c4ccccc4-c4cccc5ccccc45)c4cccc5c4sc4ccccc45)cccc32)cc1. The molecule has 0 N–H and O–H groups in total. The lowest BCUT2D eigenvalue weighted by Gasteiger charge is -2.29. The van der Waals surface area contributed by atoms with E-state index in [0.29, 0.717) is 0 Å². The van der Waals surface area contributed by atoms with Gasteiger partial charge in [0.15, 0.2) is 0 Å². The summed E-state index contributed by atoms with van der Waals surface area (Å²) in [6.07, 6.45) is 0. The number of thiophene rings is 1. The van der Waals surface area contributed by atoms with Crippen LogP contribution in [0, 0.1) is 0 Å². The van der Waals surface area contributed by atoms with E-state index in [-0.39, 0.29) is 0 Å². The Kier molecular flexibility index (Phi) is 6.39. The zero-order valence-electron chi connectivity index (χ0n) is 26.6. The maximum absolute atomic E-state index is 2.53. The van der Waals surface area contributed by atoms with Gasteiger partial charge < -0.3 is 9.47 Å². The van der Waals surface area contributed by atoms with E-state index in [0.717, 1.165) is 17.1 Å². The van der Waals surface area contributed by atoms with E-state index in [2.05, 4.69) is 191 Å². The van der Waals surface area contributed by atoms with Gasteiger partial charge in [-0.15, -0.1) is 11.3 Å². The van der Waals surface area contributed by atoms with Crippen molar-refractivity contribution in [2.45, 2.75) is 0 Å². The largest absolute Gasteiger partial charge is 0.309 e. The van der Waals surface area contributed by atoms with Gasteiger partial charge in [-0.3, -0.25) is 0 Å². The Morgan fingerprint density at radius 2 is 0.980 bits per heavy atom. The summed E-state index contributed by atoms with van der Waals surface area (Å²) in [5, 5.41) is 7.52. The van der Waals surface area contributed by atoms with E-state index in [1.165, 1.54) is 69.6 Å². The summed E-state index contributed by atoms with van der Waals surface area (Å²) in [4.78, 5) is 2.53. The lowest BCUT2D eigenvalue weighted by atomic mass is 9.95. The standard InChI is InChI=1S/C46H30N2S/c1-2-17-32(18-3-1)47-40-26-10-7-22-38(40)45-41(47)27-14-28-42(45)48(43-29-13-24-37-36-21-8-11-30-44(36)49-46(37)43)39-25-9-6-20-35(39)34-23-12-16-31-15-4-5-19-33(31)34/h1-30H. The molecule has 2 nitrogen and oxygen atoms in total. The van der Waals surface area contributed by atoms with Crippen molar-refractivity contribution in [2.75, 3.05) is 4.90 Å². The van der Waals surface area contributed by atoms with Gasteiger partial charge in [0.25, 0.3) is 0 Å². The zero-order valence-corrected chi connectivity index (χ0v) is 27.4. The zero-order chi connectivity index (χ0) is 32.3. The van der Waals surface area contributed by atoms with Crippen LogP contribution in [0.5, 0.6) is 0 Å². The minimum atomic E-state index is 1.15. The van der Waals surface area contributed by atoms with E-state index in [4.69, 9.17) is 0 Å². The van der Waals surface area contributed by atoms with Gasteiger partial charge in [-0.05, 0) is 64.9 Å². The predicted octanol–water partition coefficient (Wildman–Crippen LogP) is 13.4. The third-order valence-corrected chi connectivity index (χ3v) is 11.0. The average molecular weight is 643 g/mol. The molecular weight excluding hydrogens is 613 g/mol. The van der Waals surface area contributed by atoms with Crippen LogP contribution in [0.1, 0.15) is 0 Å². The lowest BCUT2D eigenvalue weighted by Crippen LogP contribution is -2.12. The Morgan fingerprint density at radius 3 is 1.90 bits per heavy atom. The molecule has 0 radical (unpaired) electrons. The van der Waals surface area contributed by atoms with Crippen LogP contribution >= 0.6 is 11.3 Å². The molecule has 0 aliphatic carbocycles. The highest BCUT2D eigenvalue weighted by molar-refractivity contribution is 7.26. The maximum Gasteiger partial charge on any atom is 0.0640 e. The summed E-state index contributed by atoms with van der Waals surface area (Å²) in [5.41, 5.74) is 9.42. The molecule has 10 rings (SSSR count). The number of nitrogens with zero attached hydrogens (tertiary/aromatic N) is 2. The number of fused-ring (bicyclic) bond motifs is 7. The highest BCUT2D eigenvalue weighted by atomic mass is 32.1. The Bertz CT molecular complexity index is 2840. The van der Waals surface area contributed by atoms with Gasteiger partial charge in [-0.25, -0.2) is 0 Å². The molecule has 0 unspecified atom stereocenters. The topological polar surface area (TPSA) is 8.17 Å². The van der Waals surface area contributed by atoms with E-state index < -0.39 is 0 Å². The van der Waals surface area contributed by atoms with Gasteiger partial charge in [0.05, 0.1) is 32.8 Å². The molecule has 10 aromatic rings. The number of para-hydroxylation sites is 3. The van der Waals surface area contributed by atoms with Crippen molar-refractivity contribution in [3.8, 4) is 16.8 Å². The van der Waals surface area contributed by atoms with Crippen molar-refractivity contribution in [3.63, 3.8) is 0 Å². The van der Waals surface area contributed by atoms with E-state index in [9.17, 15) is 0 Å². The average Bonchev–Trinajstić information content (AvgIpc) is 3.72. The van der Waals surface area contributed by atoms with Crippen LogP contribution in [0.25, 0.3) is 69.6 Å². The quantitative estimate of drug-likeness (QED) is 0.181. The van der Waals surface area contributed by atoms with Gasteiger partial charge >= 0.3 is 0 Å². The number of hydrogen-bond donors (Lipinski definition) is 0. The Hall–Kier alpha value is -6.16. The first-order valence-electron chi connectivity index (χ1n) is 16.7. The van der Waals surface area contributed by atoms with E-state index in [1.807, 2.05) is 11.3 Å². The van der Waals surface area contributed by atoms with Gasteiger partial charge in [-0.1, -0.05) is 133 Å². The fraction of sp³-hybridized carbons (Fsp3) is 0. The Balaban J connectivity index is 1.35. The molecule has 0 aliphatic rings. The molecule has 0 spiro atoms. The molecule has 2 aromatic heterocycles. The Morgan fingerprint density at radius 1 is 0.388 bits per heavy atom. The third kappa shape index (κ3) is 4.33. The van der Waals surface area contributed by atoms with Crippen molar-refractivity contribution in [1.29, 1.82) is 0 Å². The first kappa shape index (κ1) is 27.9. The summed E-state index contributed by atoms with van der Waals surface area (Å²) < 4.78 is 4.98. The number of rotatable bonds is 5. The second-order valence-electron chi connectivity index (χ2n) is 12.5. The fourth-order valence-corrected chi connectivity index (χ4v) is 8.90. The molecule has 2 heterocycles. The van der Waals surface area contributed by atoms with Gasteiger partial charge in [-0.2, -0.15) is 0 Å².